The van der Waals surface area contributed by atoms with Gasteiger partial charge in [0.1, 0.15) is 0 Å². The van der Waals surface area contributed by atoms with E-state index >= 15 is 0 Å². The number of nitrogens with zero attached hydrogens (tertiary/aromatic N) is 2. The van der Waals surface area contributed by atoms with Gasteiger partial charge in [-0.05, 0) is 51.9 Å². The van der Waals surface area contributed by atoms with E-state index in [1.165, 1.54) is 12.8 Å². The fourth-order valence-electron chi connectivity index (χ4n) is 2.86. The Balaban J connectivity index is 2.10. The number of nitro groups is 1. The second-order valence-corrected chi connectivity index (χ2v) is 5.53. The summed E-state index contributed by atoms with van der Waals surface area (Å²) in [6.07, 6.45) is 3.51. The Bertz CT molecular complexity index is 456. The first kappa shape index (κ1) is 14.9. The molecule has 1 aromatic carbocycles. The van der Waals surface area contributed by atoms with E-state index in [0.29, 0.717) is 6.04 Å². The fourth-order valence-corrected chi connectivity index (χ4v) is 2.86. The van der Waals surface area contributed by atoms with Crippen molar-refractivity contribution in [2.75, 3.05) is 20.1 Å². The van der Waals surface area contributed by atoms with Crippen LogP contribution in [-0.2, 0) is 0 Å². The number of benzene rings is 1. The van der Waals surface area contributed by atoms with E-state index in [9.17, 15) is 10.1 Å². The van der Waals surface area contributed by atoms with Gasteiger partial charge in [-0.2, -0.15) is 0 Å². The lowest BCUT2D eigenvalue weighted by atomic mass is 10.0. The maximum atomic E-state index is 10.9. The number of hydrogen-bond acceptors (Lipinski definition) is 4. The number of rotatable bonds is 4. The average Bonchev–Trinajstić information content (AvgIpc) is 2.75. The zero-order chi connectivity index (χ0) is 14.5. The third kappa shape index (κ3) is 3.55. The SMILES string of the molecule is CC(c1cccc([N+](=O)[O-])c1)N(C)C1CCCNCC1. The molecule has 1 saturated heterocycles. The molecule has 0 aliphatic carbocycles. The first-order valence-electron chi connectivity index (χ1n) is 7.26. The topological polar surface area (TPSA) is 58.4 Å². The molecule has 2 atom stereocenters. The van der Waals surface area contributed by atoms with Crippen LogP contribution in [0.2, 0.25) is 0 Å². The number of non-ortho nitro benzene ring substituents is 1. The highest BCUT2D eigenvalue weighted by molar-refractivity contribution is 5.35. The Hall–Kier alpha value is -1.46. The fraction of sp³-hybridized carbons (Fsp3) is 0.600. The third-order valence-electron chi connectivity index (χ3n) is 4.30. The molecule has 0 bridgehead atoms. The minimum absolute atomic E-state index is 0.172. The molecule has 0 saturated carbocycles. The van der Waals surface area contributed by atoms with Gasteiger partial charge >= 0.3 is 0 Å². The lowest BCUT2D eigenvalue weighted by Crippen LogP contribution is -2.34. The maximum absolute atomic E-state index is 10.9. The van der Waals surface area contributed by atoms with Crippen molar-refractivity contribution in [3.05, 3.63) is 39.9 Å². The summed E-state index contributed by atoms with van der Waals surface area (Å²) >= 11 is 0. The number of hydrogen-bond donors (Lipinski definition) is 1. The summed E-state index contributed by atoms with van der Waals surface area (Å²) in [4.78, 5) is 12.9. The molecule has 1 heterocycles. The normalized spacial score (nSPS) is 21.4. The van der Waals surface area contributed by atoms with Crippen molar-refractivity contribution in [2.45, 2.75) is 38.3 Å². The first-order chi connectivity index (χ1) is 9.59. The minimum Gasteiger partial charge on any atom is -0.317 e. The Labute approximate surface area is 120 Å². The summed E-state index contributed by atoms with van der Waals surface area (Å²) in [6.45, 7) is 4.27. The van der Waals surface area contributed by atoms with Crippen LogP contribution in [0.1, 0.15) is 37.8 Å². The van der Waals surface area contributed by atoms with Gasteiger partial charge in [0.05, 0.1) is 4.92 Å². The molecule has 0 radical (unpaired) electrons. The highest BCUT2D eigenvalue weighted by atomic mass is 16.6. The van der Waals surface area contributed by atoms with Gasteiger partial charge in [-0.25, -0.2) is 0 Å². The van der Waals surface area contributed by atoms with E-state index < -0.39 is 0 Å². The van der Waals surface area contributed by atoms with Crippen LogP contribution in [0.3, 0.4) is 0 Å². The molecular weight excluding hydrogens is 254 g/mol. The summed E-state index contributed by atoms with van der Waals surface area (Å²) < 4.78 is 0. The van der Waals surface area contributed by atoms with E-state index in [1.54, 1.807) is 18.2 Å². The smallest absolute Gasteiger partial charge is 0.269 e. The van der Waals surface area contributed by atoms with Gasteiger partial charge in [0.2, 0.25) is 0 Å². The van der Waals surface area contributed by atoms with Crippen LogP contribution in [0, 0.1) is 10.1 Å². The summed E-state index contributed by atoms with van der Waals surface area (Å²) in [5.74, 6) is 0. The molecule has 1 aliphatic rings. The summed E-state index contributed by atoms with van der Waals surface area (Å²) in [5.41, 5.74) is 1.18. The Morgan fingerprint density at radius 3 is 2.95 bits per heavy atom. The van der Waals surface area contributed by atoms with Crippen LogP contribution in [0.15, 0.2) is 24.3 Å². The molecule has 0 amide bonds. The van der Waals surface area contributed by atoms with E-state index in [1.807, 2.05) is 6.07 Å². The first-order valence-corrected chi connectivity index (χ1v) is 7.26. The summed E-state index contributed by atoms with van der Waals surface area (Å²) in [6, 6.07) is 7.72. The molecular formula is C15H23N3O2. The van der Waals surface area contributed by atoms with Crippen molar-refractivity contribution in [1.29, 1.82) is 0 Å². The van der Waals surface area contributed by atoms with Gasteiger partial charge in [-0.15, -0.1) is 0 Å². The predicted molar refractivity (Wildman–Crippen MR) is 79.8 cm³/mol. The van der Waals surface area contributed by atoms with Crippen LogP contribution in [0.5, 0.6) is 0 Å². The van der Waals surface area contributed by atoms with E-state index in [4.69, 9.17) is 0 Å². The van der Waals surface area contributed by atoms with Gasteiger partial charge in [-0.3, -0.25) is 15.0 Å². The third-order valence-corrected chi connectivity index (χ3v) is 4.30. The van der Waals surface area contributed by atoms with Crippen molar-refractivity contribution < 1.29 is 4.92 Å². The van der Waals surface area contributed by atoms with Crippen molar-refractivity contribution >= 4 is 5.69 Å². The van der Waals surface area contributed by atoms with Crippen molar-refractivity contribution in [3.63, 3.8) is 0 Å². The number of nitrogens with one attached hydrogen (secondary N) is 1. The molecule has 1 aromatic rings. The summed E-state index contributed by atoms with van der Waals surface area (Å²) in [7, 11) is 2.12. The highest BCUT2D eigenvalue weighted by Crippen LogP contribution is 2.26. The molecule has 1 N–H and O–H groups in total. The van der Waals surface area contributed by atoms with E-state index in [0.717, 1.165) is 25.1 Å². The molecule has 2 unspecified atom stereocenters. The second-order valence-electron chi connectivity index (χ2n) is 5.53. The van der Waals surface area contributed by atoms with Crippen LogP contribution in [-0.4, -0.2) is 36.0 Å². The van der Waals surface area contributed by atoms with Gasteiger partial charge < -0.3 is 5.32 Å². The maximum Gasteiger partial charge on any atom is 0.269 e. The van der Waals surface area contributed by atoms with Crippen LogP contribution in [0.4, 0.5) is 5.69 Å². The van der Waals surface area contributed by atoms with Crippen molar-refractivity contribution in [3.8, 4) is 0 Å². The zero-order valence-electron chi connectivity index (χ0n) is 12.2. The molecule has 0 spiro atoms. The predicted octanol–water partition coefficient (Wildman–Crippen LogP) is 2.73. The van der Waals surface area contributed by atoms with Crippen LogP contribution >= 0.6 is 0 Å². The van der Waals surface area contributed by atoms with E-state index in [-0.39, 0.29) is 16.7 Å². The summed E-state index contributed by atoms with van der Waals surface area (Å²) in [5, 5.41) is 14.3. The number of nitro benzene ring substituents is 1. The molecule has 2 rings (SSSR count). The molecule has 110 valence electrons. The minimum atomic E-state index is -0.328. The molecule has 1 aliphatic heterocycles. The standard InChI is InChI=1S/C15H23N3O2/c1-12(13-5-3-6-15(11-13)18(19)20)17(2)14-7-4-9-16-10-8-14/h3,5-6,11-12,14,16H,4,7-10H2,1-2H3. The second kappa shape index (κ2) is 6.81. The molecule has 20 heavy (non-hydrogen) atoms. The van der Waals surface area contributed by atoms with Gasteiger partial charge in [0, 0.05) is 24.2 Å². The quantitative estimate of drug-likeness (QED) is 0.679. The molecule has 1 fully saturated rings. The largest absolute Gasteiger partial charge is 0.317 e. The molecule has 0 aromatic heterocycles. The zero-order valence-corrected chi connectivity index (χ0v) is 12.2. The van der Waals surface area contributed by atoms with Crippen LogP contribution < -0.4 is 5.32 Å². The average molecular weight is 277 g/mol. The lowest BCUT2D eigenvalue weighted by molar-refractivity contribution is -0.385. The van der Waals surface area contributed by atoms with Crippen molar-refractivity contribution in [1.82, 2.24) is 10.2 Å². The Kier molecular flexibility index (Phi) is 5.09. The van der Waals surface area contributed by atoms with Gasteiger partial charge in [0.25, 0.3) is 5.69 Å². The van der Waals surface area contributed by atoms with Crippen LogP contribution in [0.25, 0.3) is 0 Å². The van der Waals surface area contributed by atoms with Crippen molar-refractivity contribution in [2.24, 2.45) is 0 Å². The lowest BCUT2D eigenvalue weighted by Gasteiger charge is -2.32. The molecule has 5 heteroatoms. The van der Waals surface area contributed by atoms with Gasteiger partial charge in [-0.1, -0.05) is 12.1 Å². The highest BCUT2D eigenvalue weighted by Gasteiger charge is 2.22. The molecule has 5 nitrogen and oxygen atoms in total. The Morgan fingerprint density at radius 2 is 2.20 bits per heavy atom. The Morgan fingerprint density at radius 1 is 1.40 bits per heavy atom. The van der Waals surface area contributed by atoms with E-state index in [2.05, 4.69) is 24.2 Å². The monoisotopic (exact) mass is 277 g/mol. The van der Waals surface area contributed by atoms with Gasteiger partial charge in [0.15, 0.2) is 0 Å².